The lowest BCUT2D eigenvalue weighted by atomic mass is 9.99. The lowest BCUT2D eigenvalue weighted by molar-refractivity contribution is -0.237. The van der Waals surface area contributed by atoms with E-state index in [1.165, 1.54) is 11.8 Å². The molecule has 44 heavy (non-hydrogen) atoms. The van der Waals surface area contributed by atoms with Crippen molar-refractivity contribution in [3.05, 3.63) is 70.9 Å². The van der Waals surface area contributed by atoms with Crippen LogP contribution in [-0.2, 0) is 47.7 Å². The fraction of sp³-hybridized carbons (Fsp3) is 0.333. The first-order valence-corrected chi connectivity index (χ1v) is 14.6. The van der Waals surface area contributed by atoms with E-state index in [1.807, 2.05) is 0 Å². The summed E-state index contributed by atoms with van der Waals surface area (Å²) in [5.74, 6) is -3.32. The summed E-state index contributed by atoms with van der Waals surface area (Å²) in [5.41, 5.74) is 0.0921. The second kappa shape index (κ2) is 14.5. The van der Waals surface area contributed by atoms with E-state index >= 15 is 0 Å². The summed E-state index contributed by atoms with van der Waals surface area (Å²) in [6, 6.07) is 15.5. The van der Waals surface area contributed by atoms with E-state index in [9.17, 15) is 24.0 Å². The molecule has 2 aromatic carbocycles. The largest absolute Gasteiger partial charge is 0.463 e. The number of aliphatic imine (C=N–C) groups is 1. The molecule has 1 amide bonds. The molecule has 1 fully saturated rings. The zero-order valence-corrected chi connectivity index (χ0v) is 25.7. The highest BCUT2D eigenvalue weighted by Crippen LogP contribution is 2.38. The van der Waals surface area contributed by atoms with Crippen molar-refractivity contribution in [3.63, 3.8) is 0 Å². The summed E-state index contributed by atoms with van der Waals surface area (Å²) >= 11 is 6.92. The fourth-order valence-electron chi connectivity index (χ4n) is 4.48. The minimum Gasteiger partial charge on any atom is -0.463 e. The molecule has 0 aliphatic carbocycles. The van der Waals surface area contributed by atoms with Crippen molar-refractivity contribution < 1.29 is 47.7 Å². The summed E-state index contributed by atoms with van der Waals surface area (Å²) in [6.07, 6.45) is -3.56. The number of anilines is 1. The zero-order valence-electron chi connectivity index (χ0n) is 24.1. The number of benzene rings is 2. The lowest BCUT2D eigenvalue weighted by Gasteiger charge is -2.44. The summed E-state index contributed by atoms with van der Waals surface area (Å²) in [5, 5.41) is 0.682. The molecule has 0 saturated carbocycles. The summed E-state index contributed by atoms with van der Waals surface area (Å²) in [6.45, 7) is 4.23. The minimum absolute atomic E-state index is 0.101. The van der Waals surface area contributed by atoms with E-state index < -0.39 is 59.6 Å². The molecule has 0 bridgehead atoms. The van der Waals surface area contributed by atoms with Crippen LogP contribution in [-0.4, -0.2) is 71.4 Å². The quantitative estimate of drug-likeness (QED) is 0.234. The van der Waals surface area contributed by atoms with Crippen molar-refractivity contribution in [2.45, 2.75) is 57.5 Å². The van der Waals surface area contributed by atoms with Crippen molar-refractivity contribution >= 4 is 70.1 Å². The summed E-state index contributed by atoms with van der Waals surface area (Å²) < 4.78 is 27.9. The first-order valence-electron chi connectivity index (χ1n) is 13.4. The van der Waals surface area contributed by atoms with Crippen LogP contribution in [0.25, 0.3) is 6.08 Å². The van der Waals surface area contributed by atoms with Crippen molar-refractivity contribution in [2.75, 3.05) is 11.5 Å². The van der Waals surface area contributed by atoms with Crippen LogP contribution in [0.1, 0.15) is 33.3 Å². The molecule has 2 heterocycles. The maximum Gasteiger partial charge on any atom is 0.303 e. The maximum atomic E-state index is 13.7. The minimum atomic E-state index is -1.36. The molecule has 2 aliphatic rings. The molecule has 2 aliphatic heterocycles. The van der Waals surface area contributed by atoms with Gasteiger partial charge in [0.05, 0.1) is 5.69 Å². The number of rotatable bonds is 8. The van der Waals surface area contributed by atoms with Gasteiger partial charge in [0, 0.05) is 32.7 Å². The van der Waals surface area contributed by atoms with Crippen LogP contribution in [0.5, 0.6) is 0 Å². The molecule has 232 valence electrons. The molecule has 0 radical (unpaired) electrons. The monoisotopic (exact) mass is 644 g/mol. The Bertz CT molecular complexity index is 1480. The first kappa shape index (κ1) is 32.7. The number of carbonyl (C=O) groups is 5. The van der Waals surface area contributed by atoms with Gasteiger partial charge in [-0.05, 0) is 35.9 Å². The number of hydrogen-bond acceptors (Lipinski definition) is 12. The Labute approximate surface area is 262 Å². The smallest absolute Gasteiger partial charge is 0.303 e. The Kier molecular flexibility index (Phi) is 10.8. The third-order valence-electron chi connectivity index (χ3n) is 6.19. The highest BCUT2D eigenvalue weighted by molar-refractivity contribution is 8.14. The lowest BCUT2D eigenvalue weighted by Crippen LogP contribution is -2.61. The predicted octanol–water partition coefficient (Wildman–Crippen LogP) is 3.90. The third kappa shape index (κ3) is 8.24. The van der Waals surface area contributed by atoms with Gasteiger partial charge in [0.25, 0.3) is 5.91 Å². The molecule has 0 aromatic heterocycles. The molecular weight excluding hydrogens is 616 g/mol. The Hall–Kier alpha value is -4.20. The van der Waals surface area contributed by atoms with Crippen molar-refractivity contribution in [2.24, 2.45) is 4.99 Å². The number of thioether (sulfide) groups is 1. The van der Waals surface area contributed by atoms with Gasteiger partial charge < -0.3 is 23.7 Å². The van der Waals surface area contributed by atoms with Gasteiger partial charge in [-0.25, -0.2) is 4.99 Å². The van der Waals surface area contributed by atoms with Crippen molar-refractivity contribution in [1.29, 1.82) is 0 Å². The molecule has 0 spiro atoms. The SMILES string of the molecule is CC(=O)OC[C@@H]1O[C@H](SC2=N/C(=C\c3ccc(Cl)cc3)C(=O)N2c2ccccc2)[C@H](OC(C)=O)[C@H](OC(C)=O)[C@H]1OC(C)=O. The van der Waals surface area contributed by atoms with Gasteiger partial charge >= 0.3 is 23.9 Å². The van der Waals surface area contributed by atoms with E-state index in [0.29, 0.717) is 16.3 Å². The van der Waals surface area contributed by atoms with Gasteiger partial charge in [0.2, 0.25) is 0 Å². The standard InChI is InChI=1S/C30H29ClN2O10S/c1-16(34)39-15-24-25(40-17(2)35)26(41-18(3)36)27(42-19(4)37)29(43-24)44-30-32-23(14-20-10-12-21(31)13-11-20)28(38)33(30)22-8-6-5-7-9-22/h5-14,24-27,29H,15H2,1-4H3/b23-14-/t24-,25-,26+,27+,29+/m0/s1. The predicted molar refractivity (Wildman–Crippen MR) is 160 cm³/mol. The Balaban J connectivity index is 1.78. The normalized spacial score (nSPS) is 24.0. The molecular formula is C30H29ClN2O10S. The van der Waals surface area contributed by atoms with Crippen LogP contribution >= 0.6 is 23.4 Å². The van der Waals surface area contributed by atoms with E-state index in [4.69, 9.17) is 35.3 Å². The highest BCUT2D eigenvalue weighted by atomic mass is 35.5. The molecule has 2 aromatic rings. The Morgan fingerprint density at radius 1 is 0.864 bits per heavy atom. The summed E-state index contributed by atoms with van der Waals surface area (Å²) in [4.78, 5) is 67.8. The van der Waals surface area contributed by atoms with E-state index in [0.717, 1.165) is 32.5 Å². The van der Waals surface area contributed by atoms with Gasteiger partial charge in [-0.15, -0.1) is 0 Å². The Morgan fingerprint density at radius 2 is 1.45 bits per heavy atom. The third-order valence-corrected chi connectivity index (χ3v) is 7.54. The number of esters is 4. The van der Waals surface area contributed by atoms with Crippen LogP contribution in [0.3, 0.4) is 0 Å². The molecule has 12 nitrogen and oxygen atoms in total. The second-order valence-electron chi connectivity index (χ2n) is 9.64. The molecule has 4 rings (SSSR count). The van der Waals surface area contributed by atoms with E-state index in [2.05, 4.69) is 4.99 Å². The average molecular weight is 645 g/mol. The van der Waals surface area contributed by atoms with E-state index in [1.54, 1.807) is 60.7 Å². The molecule has 5 atom stereocenters. The topological polar surface area (TPSA) is 147 Å². The van der Waals surface area contributed by atoms with Gasteiger partial charge in [0.1, 0.15) is 18.4 Å². The summed E-state index contributed by atoms with van der Waals surface area (Å²) in [7, 11) is 0. The zero-order chi connectivity index (χ0) is 32.0. The molecule has 1 saturated heterocycles. The van der Waals surface area contributed by atoms with Gasteiger partial charge in [-0.3, -0.25) is 28.9 Å². The maximum absolute atomic E-state index is 13.7. The number of nitrogens with zero attached hydrogens (tertiary/aromatic N) is 2. The van der Waals surface area contributed by atoms with E-state index in [-0.39, 0.29) is 17.5 Å². The number of ether oxygens (including phenoxy) is 5. The van der Waals surface area contributed by atoms with Crippen LogP contribution in [0.2, 0.25) is 5.02 Å². The van der Waals surface area contributed by atoms with Crippen LogP contribution in [0.4, 0.5) is 5.69 Å². The fourth-order valence-corrected chi connectivity index (χ4v) is 5.81. The number of amidine groups is 1. The number of halogens is 1. The molecule has 0 unspecified atom stereocenters. The molecule has 14 heteroatoms. The van der Waals surface area contributed by atoms with Crippen molar-refractivity contribution in [3.8, 4) is 0 Å². The van der Waals surface area contributed by atoms with Gasteiger partial charge in [-0.1, -0.05) is 53.7 Å². The average Bonchev–Trinajstić information content (AvgIpc) is 3.25. The van der Waals surface area contributed by atoms with Crippen LogP contribution in [0.15, 0.2) is 65.3 Å². The van der Waals surface area contributed by atoms with Crippen LogP contribution in [0, 0.1) is 0 Å². The van der Waals surface area contributed by atoms with Crippen LogP contribution < -0.4 is 4.90 Å². The highest BCUT2D eigenvalue weighted by Gasteiger charge is 2.53. The molecule has 0 N–H and O–H groups in total. The second-order valence-corrected chi connectivity index (χ2v) is 11.1. The van der Waals surface area contributed by atoms with Crippen molar-refractivity contribution in [1.82, 2.24) is 0 Å². The number of amides is 1. The van der Waals surface area contributed by atoms with Gasteiger partial charge in [-0.2, -0.15) is 0 Å². The number of carbonyl (C=O) groups excluding carboxylic acids is 5. The number of hydrogen-bond donors (Lipinski definition) is 0. The number of para-hydroxylation sites is 1. The Morgan fingerprint density at radius 3 is 2.05 bits per heavy atom. The van der Waals surface area contributed by atoms with Gasteiger partial charge in [0.15, 0.2) is 28.9 Å². The first-order chi connectivity index (χ1) is 20.9.